The number of halogens is 1. The highest BCUT2D eigenvalue weighted by Crippen LogP contribution is 2.55. The van der Waals surface area contributed by atoms with Crippen LogP contribution in [-0.4, -0.2) is 48.0 Å². The lowest BCUT2D eigenvalue weighted by Crippen LogP contribution is -2.64. The number of piperidine rings is 1. The van der Waals surface area contributed by atoms with Crippen molar-refractivity contribution in [2.45, 2.75) is 38.8 Å². The zero-order valence-electron chi connectivity index (χ0n) is 17.2. The van der Waals surface area contributed by atoms with Gasteiger partial charge in [-0.25, -0.2) is 4.39 Å². The maximum Gasteiger partial charge on any atom is 0.260 e. The van der Waals surface area contributed by atoms with Gasteiger partial charge in [0.2, 0.25) is 0 Å². The molecule has 1 unspecified atom stereocenters. The van der Waals surface area contributed by atoms with Crippen LogP contribution in [-0.2, 0) is 4.79 Å². The average molecular weight is 397 g/mol. The fourth-order valence-corrected chi connectivity index (χ4v) is 4.84. The molecule has 2 aliphatic rings. The lowest BCUT2D eigenvalue weighted by Gasteiger charge is -2.62. The van der Waals surface area contributed by atoms with Crippen LogP contribution in [0.5, 0.6) is 5.75 Å². The van der Waals surface area contributed by atoms with Crippen LogP contribution in [0.15, 0.2) is 54.6 Å². The van der Waals surface area contributed by atoms with Gasteiger partial charge in [-0.1, -0.05) is 30.3 Å². The van der Waals surface area contributed by atoms with E-state index in [2.05, 4.69) is 49.1 Å². The van der Waals surface area contributed by atoms with E-state index in [1.807, 2.05) is 4.90 Å². The predicted molar refractivity (Wildman–Crippen MR) is 111 cm³/mol. The van der Waals surface area contributed by atoms with Gasteiger partial charge in [-0.15, -0.1) is 0 Å². The minimum absolute atomic E-state index is 0.000440. The van der Waals surface area contributed by atoms with Gasteiger partial charge in [0, 0.05) is 37.1 Å². The molecule has 0 N–H and O–H groups in total. The molecule has 2 saturated heterocycles. The van der Waals surface area contributed by atoms with Gasteiger partial charge < -0.3 is 9.64 Å². The summed E-state index contributed by atoms with van der Waals surface area (Å²) in [5.41, 5.74) is 1.63. The number of rotatable bonds is 5. The Morgan fingerprint density at radius 2 is 1.76 bits per heavy atom. The Bertz CT molecular complexity index is 830. The zero-order chi connectivity index (χ0) is 20.4. The standard InChI is InChI=1S/C24H29FN2O2/c1-18(2)27-17-24(23(27)19-6-4-3-5-7-19)12-14-26(15-13-24)22(28)16-29-21-10-8-20(25)9-11-21/h3-11,18,23H,12-17H2,1-2H3. The molecule has 0 saturated carbocycles. The summed E-state index contributed by atoms with van der Waals surface area (Å²) < 4.78 is 18.5. The molecule has 2 aromatic rings. The highest BCUT2D eigenvalue weighted by molar-refractivity contribution is 5.77. The number of nitrogens with zero attached hydrogens (tertiary/aromatic N) is 2. The van der Waals surface area contributed by atoms with E-state index >= 15 is 0 Å². The molecule has 154 valence electrons. The van der Waals surface area contributed by atoms with Gasteiger partial charge >= 0.3 is 0 Å². The monoisotopic (exact) mass is 396 g/mol. The first-order valence-corrected chi connectivity index (χ1v) is 10.5. The zero-order valence-corrected chi connectivity index (χ0v) is 17.2. The van der Waals surface area contributed by atoms with E-state index in [1.165, 1.54) is 17.7 Å². The van der Waals surface area contributed by atoms with E-state index in [0.29, 0.717) is 17.8 Å². The Hall–Kier alpha value is -2.40. The first-order valence-electron chi connectivity index (χ1n) is 10.5. The minimum atomic E-state index is -0.311. The molecule has 1 spiro atoms. The summed E-state index contributed by atoms with van der Waals surface area (Å²) in [7, 11) is 0. The van der Waals surface area contributed by atoms with Crippen molar-refractivity contribution in [3.05, 3.63) is 66.0 Å². The highest BCUT2D eigenvalue weighted by atomic mass is 19.1. The van der Waals surface area contributed by atoms with Crippen molar-refractivity contribution in [2.75, 3.05) is 26.2 Å². The lowest BCUT2D eigenvalue weighted by molar-refractivity contribution is -0.149. The van der Waals surface area contributed by atoms with Crippen molar-refractivity contribution >= 4 is 5.91 Å². The van der Waals surface area contributed by atoms with Crippen LogP contribution in [0.4, 0.5) is 4.39 Å². The molecule has 2 aliphatic heterocycles. The van der Waals surface area contributed by atoms with Gasteiger partial charge in [0.05, 0.1) is 0 Å². The molecule has 0 bridgehead atoms. The molecule has 0 aliphatic carbocycles. The third-order valence-corrected chi connectivity index (χ3v) is 6.48. The molecular weight excluding hydrogens is 367 g/mol. The van der Waals surface area contributed by atoms with Crippen LogP contribution >= 0.6 is 0 Å². The molecule has 4 rings (SSSR count). The summed E-state index contributed by atoms with van der Waals surface area (Å²) in [5.74, 6) is 0.207. The number of hydrogen-bond acceptors (Lipinski definition) is 3. The summed E-state index contributed by atoms with van der Waals surface area (Å²) in [6, 6.07) is 17.5. The summed E-state index contributed by atoms with van der Waals surface area (Å²) in [5, 5.41) is 0. The Labute approximate surface area is 172 Å². The molecule has 5 heteroatoms. The van der Waals surface area contributed by atoms with Crippen molar-refractivity contribution in [3.63, 3.8) is 0 Å². The molecule has 1 amide bonds. The van der Waals surface area contributed by atoms with Crippen LogP contribution in [0.1, 0.15) is 38.3 Å². The van der Waals surface area contributed by atoms with Gasteiger partial charge in [-0.3, -0.25) is 9.69 Å². The quantitative estimate of drug-likeness (QED) is 0.756. The third-order valence-electron chi connectivity index (χ3n) is 6.48. The highest BCUT2D eigenvalue weighted by Gasteiger charge is 2.54. The minimum Gasteiger partial charge on any atom is -0.484 e. The molecule has 2 aromatic carbocycles. The van der Waals surface area contributed by atoms with E-state index in [9.17, 15) is 9.18 Å². The first kappa shape index (κ1) is 19.9. The average Bonchev–Trinajstić information content (AvgIpc) is 2.72. The number of amides is 1. The second-order valence-electron chi connectivity index (χ2n) is 8.57. The number of carbonyl (C=O) groups excluding carboxylic acids is 1. The first-order chi connectivity index (χ1) is 14.0. The lowest BCUT2D eigenvalue weighted by atomic mass is 9.62. The SMILES string of the molecule is CC(C)N1CC2(CCN(C(=O)COc3ccc(F)cc3)CC2)C1c1ccccc1. The van der Waals surface area contributed by atoms with Gasteiger partial charge in [0.25, 0.3) is 5.91 Å². The van der Waals surface area contributed by atoms with Crippen LogP contribution in [0.2, 0.25) is 0 Å². The van der Waals surface area contributed by atoms with Gasteiger partial charge in [0.1, 0.15) is 11.6 Å². The van der Waals surface area contributed by atoms with Gasteiger partial charge in [-0.2, -0.15) is 0 Å². The molecule has 4 nitrogen and oxygen atoms in total. The van der Waals surface area contributed by atoms with Crippen molar-refractivity contribution < 1.29 is 13.9 Å². The Morgan fingerprint density at radius 3 is 2.38 bits per heavy atom. The molecule has 2 heterocycles. The van der Waals surface area contributed by atoms with E-state index < -0.39 is 0 Å². The van der Waals surface area contributed by atoms with E-state index in [4.69, 9.17) is 4.74 Å². The Kier molecular flexibility index (Phi) is 5.59. The second kappa shape index (κ2) is 8.15. The van der Waals surface area contributed by atoms with Crippen molar-refractivity contribution in [3.8, 4) is 5.75 Å². The van der Waals surface area contributed by atoms with Crippen molar-refractivity contribution in [1.82, 2.24) is 9.80 Å². The summed E-state index contributed by atoms with van der Waals surface area (Å²) >= 11 is 0. The number of hydrogen-bond donors (Lipinski definition) is 0. The van der Waals surface area contributed by atoms with Crippen molar-refractivity contribution in [2.24, 2.45) is 5.41 Å². The fraction of sp³-hybridized carbons (Fsp3) is 0.458. The van der Waals surface area contributed by atoms with Crippen molar-refractivity contribution in [1.29, 1.82) is 0 Å². The van der Waals surface area contributed by atoms with Crippen LogP contribution in [0, 0.1) is 11.2 Å². The van der Waals surface area contributed by atoms with E-state index in [0.717, 1.165) is 32.5 Å². The summed E-state index contributed by atoms with van der Waals surface area (Å²) in [4.78, 5) is 17.1. The predicted octanol–water partition coefficient (Wildman–Crippen LogP) is 4.28. The molecule has 29 heavy (non-hydrogen) atoms. The Morgan fingerprint density at radius 1 is 1.10 bits per heavy atom. The number of ether oxygens (including phenoxy) is 1. The molecular formula is C24H29FN2O2. The number of likely N-dealkylation sites (tertiary alicyclic amines) is 2. The maximum absolute atomic E-state index is 13.0. The second-order valence-corrected chi connectivity index (χ2v) is 8.57. The molecule has 0 aromatic heterocycles. The van der Waals surface area contributed by atoms with Gasteiger partial charge in [0.15, 0.2) is 6.61 Å². The van der Waals surface area contributed by atoms with E-state index in [1.54, 1.807) is 12.1 Å². The molecule has 1 atom stereocenters. The largest absolute Gasteiger partial charge is 0.484 e. The maximum atomic E-state index is 13.0. The van der Waals surface area contributed by atoms with Crippen LogP contribution in [0.3, 0.4) is 0 Å². The van der Waals surface area contributed by atoms with Crippen LogP contribution < -0.4 is 4.74 Å². The third kappa shape index (κ3) is 4.01. The van der Waals surface area contributed by atoms with Gasteiger partial charge in [-0.05, 0) is 56.5 Å². The summed E-state index contributed by atoms with van der Waals surface area (Å²) in [6.45, 7) is 7.14. The fourth-order valence-electron chi connectivity index (χ4n) is 4.84. The van der Waals surface area contributed by atoms with E-state index in [-0.39, 0.29) is 23.7 Å². The summed E-state index contributed by atoms with van der Waals surface area (Å²) in [6.07, 6.45) is 2.02. The van der Waals surface area contributed by atoms with Crippen LogP contribution in [0.25, 0.3) is 0 Å². The number of carbonyl (C=O) groups is 1. The Balaban J connectivity index is 1.36. The topological polar surface area (TPSA) is 32.8 Å². The normalized spacial score (nSPS) is 21.2. The number of benzene rings is 2. The molecule has 0 radical (unpaired) electrons. The molecule has 2 fully saturated rings. The smallest absolute Gasteiger partial charge is 0.260 e.